The van der Waals surface area contributed by atoms with Crippen molar-refractivity contribution in [1.82, 2.24) is 0 Å². The number of hydrogen-bond donors (Lipinski definition) is 0. The summed E-state index contributed by atoms with van der Waals surface area (Å²) in [5.74, 6) is 0. The molecule has 0 fully saturated rings. The molecule has 3 aromatic rings. The van der Waals surface area contributed by atoms with Gasteiger partial charge in [0.25, 0.3) is 0 Å². The van der Waals surface area contributed by atoms with Crippen LogP contribution in [0.3, 0.4) is 0 Å². The van der Waals surface area contributed by atoms with E-state index in [0.29, 0.717) is 0 Å². The third-order valence-electron chi connectivity index (χ3n) is 2.62. The van der Waals surface area contributed by atoms with E-state index in [2.05, 4.69) is 23.2 Å². The molecule has 0 bridgehead atoms. The number of hydrogen-bond acceptors (Lipinski definition) is 2. The Morgan fingerprint density at radius 2 is 1.78 bits per heavy atom. The number of halogens is 1. The maximum absolute atomic E-state index is 5.84. The molecule has 0 saturated carbocycles. The summed E-state index contributed by atoms with van der Waals surface area (Å²) in [5, 5.41) is 3.01. The number of rotatable bonds is 2. The molecular formula is C15H10ClNS. The van der Waals surface area contributed by atoms with E-state index >= 15 is 0 Å². The lowest BCUT2D eigenvalue weighted by atomic mass is 10.2. The Balaban J connectivity index is 1.89. The van der Waals surface area contributed by atoms with Crippen molar-refractivity contribution in [3.05, 3.63) is 65.2 Å². The lowest BCUT2D eigenvalue weighted by Gasteiger charge is -1.91. The second-order valence-corrected chi connectivity index (χ2v) is 5.43. The maximum atomic E-state index is 5.84. The monoisotopic (exact) mass is 271 g/mol. The molecule has 0 aliphatic rings. The maximum Gasteiger partial charge on any atom is 0.117 e. The fourth-order valence-electron chi connectivity index (χ4n) is 1.72. The van der Waals surface area contributed by atoms with Crippen LogP contribution in [0.5, 0.6) is 0 Å². The summed E-state index contributed by atoms with van der Waals surface area (Å²) in [6.45, 7) is 0. The third kappa shape index (κ3) is 2.45. The van der Waals surface area contributed by atoms with E-state index in [9.17, 15) is 0 Å². The van der Waals surface area contributed by atoms with Crippen LogP contribution < -0.4 is 0 Å². The normalized spacial score (nSPS) is 11.4. The van der Waals surface area contributed by atoms with E-state index in [1.807, 2.05) is 42.6 Å². The molecule has 0 amide bonds. The minimum absolute atomic E-state index is 0.744. The molecule has 0 aliphatic carbocycles. The molecule has 3 heteroatoms. The van der Waals surface area contributed by atoms with E-state index in [1.165, 1.54) is 10.1 Å². The molecule has 2 aromatic carbocycles. The van der Waals surface area contributed by atoms with Crippen LogP contribution in [-0.2, 0) is 0 Å². The minimum Gasteiger partial charge on any atom is -0.245 e. The van der Waals surface area contributed by atoms with Crippen LogP contribution in [0.4, 0.5) is 5.00 Å². The van der Waals surface area contributed by atoms with Gasteiger partial charge in [0.05, 0.1) is 0 Å². The molecule has 3 rings (SSSR count). The molecule has 1 heterocycles. The first-order valence-corrected chi connectivity index (χ1v) is 6.79. The summed E-state index contributed by atoms with van der Waals surface area (Å²) < 4.78 is 1.26. The van der Waals surface area contributed by atoms with Gasteiger partial charge in [-0.05, 0) is 35.2 Å². The van der Waals surface area contributed by atoms with E-state index in [1.54, 1.807) is 11.3 Å². The van der Waals surface area contributed by atoms with Crippen LogP contribution in [0.15, 0.2) is 59.6 Å². The quantitative estimate of drug-likeness (QED) is 0.561. The van der Waals surface area contributed by atoms with Gasteiger partial charge in [0, 0.05) is 15.9 Å². The summed E-state index contributed by atoms with van der Waals surface area (Å²) in [7, 11) is 0. The molecule has 1 nitrogen and oxygen atoms in total. The van der Waals surface area contributed by atoms with E-state index in [0.717, 1.165) is 15.6 Å². The Kier molecular flexibility index (Phi) is 3.13. The zero-order valence-corrected chi connectivity index (χ0v) is 11.1. The Bertz CT molecular complexity index is 665. The van der Waals surface area contributed by atoms with E-state index < -0.39 is 0 Å². The van der Waals surface area contributed by atoms with Crippen LogP contribution in [0, 0.1) is 0 Å². The predicted octanol–water partition coefficient (Wildman–Crippen LogP) is 5.31. The number of nitrogens with zero attached hydrogens (tertiary/aromatic N) is 1. The van der Waals surface area contributed by atoms with Gasteiger partial charge in [0.2, 0.25) is 0 Å². The van der Waals surface area contributed by atoms with Crippen LogP contribution >= 0.6 is 22.9 Å². The average Bonchev–Trinajstić information content (AvgIpc) is 2.81. The van der Waals surface area contributed by atoms with E-state index in [4.69, 9.17) is 11.6 Å². The summed E-state index contributed by atoms with van der Waals surface area (Å²) in [4.78, 5) is 4.49. The Morgan fingerprint density at radius 1 is 1.00 bits per heavy atom. The number of aliphatic imine (C=N–C) groups is 1. The molecule has 0 unspecified atom stereocenters. The summed E-state index contributed by atoms with van der Waals surface area (Å²) in [5.41, 5.74) is 1.05. The van der Waals surface area contributed by atoms with Crippen molar-refractivity contribution in [3.63, 3.8) is 0 Å². The smallest absolute Gasteiger partial charge is 0.117 e. The van der Waals surface area contributed by atoms with Crippen molar-refractivity contribution < 1.29 is 0 Å². The van der Waals surface area contributed by atoms with Crippen molar-refractivity contribution in [1.29, 1.82) is 0 Å². The van der Waals surface area contributed by atoms with Crippen LogP contribution in [0.25, 0.3) is 10.1 Å². The summed E-state index contributed by atoms with van der Waals surface area (Å²) >= 11 is 7.54. The molecular weight excluding hydrogens is 262 g/mol. The Labute approximate surface area is 114 Å². The number of benzene rings is 2. The topological polar surface area (TPSA) is 12.4 Å². The standard InChI is InChI=1S/C15H10ClNS/c16-13-7-5-11(6-8-13)10-17-15-9-12-3-1-2-4-14(12)18-15/h1-10H. The first-order valence-electron chi connectivity index (χ1n) is 5.59. The molecule has 1 aromatic heterocycles. The van der Waals surface area contributed by atoms with Crippen molar-refractivity contribution in [2.24, 2.45) is 4.99 Å². The summed E-state index contributed by atoms with van der Waals surface area (Å²) in [6, 6.07) is 18.1. The van der Waals surface area contributed by atoms with Crippen molar-refractivity contribution in [3.8, 4) is 0 Å². The van der Waals surface area contributed by atoms with Crippen molar-refractivity contribution in [2.45, 2.75) is 0 Å². The number of fused-ring (bicyclic) bond motifs is 1. The lowest BCUT2D eigenvalue weighted by molar-refractivity contribution is 1.61. The first kappa shape index (κ1) is 11.5. The highest BCUT2D eigenvalue weighted by Gasteiger charge is 1.98. The highest BCUT2D eigenvalue weighted by atomic mass is 35.5. The van der Waals surface area contributed by atoms with Crippen LogP contribution in [-0.4, -0.2) is 6.21 Å². The zero-order chi connectivity index (χ0) is 12.4. The van der Waals surface area contributed by atoms with Gasteiger partial charge in [-0.1, -0.05) is 41.9 Å². The van der Waals surface area contributed by atoms with Gasteiger partial charge in [-0.15, -0.1) is 11.3 Å². The van der Waals surface area contributed by atoms with Gasteiger partial charge < -0.3 is 0 Å². The average molecular weight is 272 g/mol. The molecule has 0 spiro atoms. The minimum atomic E-state index is 0.744. The van der Waals surface area contributed by atoms with Gasteiger partial charge in [-0.25, -0.2) is 4.99 Å². The van der Waals surface area contributed by atoms with Crippen LogP contribution in [0.2, 0.25) is 5.02 Å². The molecule has 18 heavy (non-hydrogen) atoms. The second kappa shape index (κ2) is 4.92. The van der Waals surface area contributed by atoms with Crippen molar-refractivity contribution in [2.75, 3.05) is 0 Å². The van der Waals surface area contributed by atoms with Gasteiger partial charge in [-0.3, -0.25) is 0 Å². The van der Waals surface area contributed by atoms with E-state index in [-0.39, 0.29) is 0 Å². The van der Waals surface area contributed by atoms with Crippen LogP contribution in [0.1, 0.15) is 5.56 Å². The highest BCUT2D eigenvalue weighted by Crippen LogP contribution is 2.31. The third-order valence-corrected chi connectivity index (χ3v) is 3.90. The molecule has 0 N–H and O–H groups in total. The second-order valence-electron chi connectivity index (χ2n) is 3.93. The number of thiophene rings is 1. The van der Waals surface area contributed by atoms with Gasteiger partial charge in [-0.2, -0.15) is 0 Å². The molecule has 88 valence electrons. The predicted molar refractivity (Wildman–Crippen MR) is 80.5 cm³/mol. The molecule has 0 aliphatic heterocycles. The largest absolute Gasteiger partial charge is 0.245 e. The Hall–Kier alpha value is -1.64. The fraction of sp³-hybridized carbons (Fsp3) is 0. The molecule has 0 saturated heterocycles. The fourth-order valence-corrected chi connectivity index (χ4v) is 2.75. The SMILES string of the molecule is Clc1ccc(C=Nc2cc3ccccc3s2)cc1. The highest BCUT2D eigenvalue weighted by molar-refractivity contribution is 7.22. The lowest BCUT2D eigenvalue weighted by Crippen LogP contribution is -1.77. The first-order chi connectivity index (χ1) is 8.81. The van der Waals surface area contributed by atoms with Crippen molar-refractivity contribution >= 4 is 44.2 Å². The van der Waals surface area contributed by atoms with Gasteiger partial charge >= 0.3 is 0 Å². The summed E-state index contributed by atoms with van der Waals surface area (Å²) in [6.07, 6.45) is 1.86. The molecule has 0 radical (unpaired) electrons. The van der Waals surface area contributed by atoms with Gasteiger partial charge in [0.15, 0.2) is 0 Å². The molecule has 0 atom stereocenters. The zero-order valence-electron chi connectivity index (χ0n) is 9.51. The Morgan fingerprint density at radius 3 is 2.56 bits per heavy atom. The van der Waals surface area contributed by atoms with Gasteiger partial charge in [0.1, 0.15) is 5.00 Å².